The van der Waals surface area contributed by atoms with Gasteiger partial charge in [-0.25, -0.2) is 0 Å². The number of amides is 1. The van der Waals surface area contributed by atoms with Gasteiger partial charge < -0.3 is 15.1 Å². The smallest absolute Gasteiger partial charge is 0.244 e. The molecule has 2 N–H and O–H groups in total. The second-order valence-corrected chi connectivity index (χ2v) is 4.23. The van der Waals surface area contributed by atoms with E-state index in [1.165, 1.54) is 10.9 Å². The zero-order chi connectivity index (χ0) is 13.1. The molecular formula is C12H16N4O2. The second kappa shape index (κ2) is 4.95. The van der Waals surface area contributed by atoms with Gasteiger partial charge in [-0.1, -0.05) is 0 Å². The number of hydrogen-bond acceptors (Lipinski definition) is 4. The van der Waals surface area contributed by atoms with Gasteiger partial charge in [-0.05, 0) is 19.1 Å². The van der Waals surface area contributed by atoms with Gasteiger partial charge in [0.15, 0.2) is 0 Å². The number of nitrogens with zero attached hydrogens (tertiary/aromatic N) is 3. The number of likely N-dealkylation sites (N-methyl/N-ethyl adjacent to an activating group) is 1. The molecule has 0 aromatic carbocycles. The minimum atomic E-state index is -0.0489. The zero-order valence-electron chi connectivity index (χ0n) is 10.5. The van der Waals surface area contributed by atoms with Crippen LogP contribution in [0.15, 0.2) is 28.9 Å². The van der Waals surface area contributed by atoms with E-state index in [0.717, 1.165) is 11.5 Å². The molecule has 2 rings (SSSR count). The Bertz CT molecular complexity index is 544. The highest BCUT2D eigenvalue weighted by Crippen LogP contribution is 2.09. The van der Waals surface area contributed by atoms with Crippen LogP contribution in [0.5, 0.6) is 0 Å². The van der Waals surface area contributed by atoms with Crippen LogP contribution in [0, 0.1) is 6.92 Å². The molecule has 6 heteroatoms. The summed E-state index contributed by atoms with van der Waals surface area (Å²) in [4.78, 5) is 13.5. The zero-order valence-corrected chi connectivity index (χ0v) is 10.5. The molecule has 1 amide bonds. The van der Waals surface area contributed by atoms with Crippen LogP contribution in [0.25, 0.3) is 0 Å². The summed E-state index contributed by atoms with van der Waals surface area (Å²) in [6, 6.07) is 3.74. The Morgan fingerprint density at radius 1 is 1.56 bits per heavy atom. The van der Waals surface area contributed by atoms with Crippen molar-refractivity contribution in [3.8, 4) is 0 Å². The molecule has 6 nitrogen and oxygen atoms in total. The first kappa shape index (κ1) is 12.2. The summed E-state index contributed by atoms with van der Waals surface area (Å²) in [5.74, 6) is 1.56. The SMILES string of the molecule is Cc1ccc(CN(C)C(=O)Cn2cc(N)cn2)o1. The third-order valence-electron chi connectivity index (χ3n) is 2.57. The molecule has 2 heterocycles. The molecule has 0 aliphatic heterocycles. The van der Waals surface area contributed by atoms with Crippen molar-refractivity contribution < 1.29 is 9.21 Å². The first-order valence-electron chi connectivity index (χ1n) is 5.62. The number of nitrogen functional groups attached to an aromatic ring is 1. The standard InChI is InChI=1S/C12H16N4O2/c1-9-3-4-11(18-9)7-15(2)12(17)8-16-6-10(13)5-14-16/h3-6H,7-8,13H2,1-2H3. The number of carbonyl (C=O) groups excluding carboxylic acids is 1. The third-order valence-corrected chi connectivity index (χ3v) is 2.57. The molecule has 0 aliphatic carbocycles. The lowest BCUT2D eigenvalue weighted by Gasteiger charge is -2.15. The van der Waals surface area contributed by atoms with Gasteiger partial charge in [-0.3, -0.25) is 9.48 Å². The summed E-state index contributed by atoms with van der Waals surface area (Å²) in [5.41, 5.74) is 6.08. The molecule has 0 fully saturated rings. The molecule has 0 radical (unpaired) electrons. The van der Waals surface area contributed by atoms with Crippen LogP contribution in [0.2, 0.25) is 0 Å². The van der Waals surface area contributed by atoms with E-state index in [-0.39, 0.29) is 12.5 Å². The predicted octanol–water partition coefficient (Wildman–Crippen LogP) is 1.03. The third kappa shape index (κ3) is 2.91. The summed E-state index contributed by atoms with van der Waals surface area (Å²) in [6.07, 6.45) is 3.14. The number of furan rings is 1. The molecule has 18 heavy (non-hydrogen) atoms. The Kier molecular flexibility index (Phi) is 3.36. The van der Waals surface area contributed by atoms with E-state index in [2.05, 4.69) is 5.10 Å². The first-order valence-corrected chi connectivity index (χ1v) is 5.62. The van der Waals surface area contributed by atoms with E-state index in [1.807, 2.05) is 19.1 Å². The average Bonchev–Trinajstić information content (AvgIpc) is 2.88. The normalized spacial score (nSPS) is 10.6. The van der Waals surface area contributed by atoms with Gasteiger partial charge in [0, 0.05) is 13.2 Å². The molecule has 0 saturated heterocycles. The molecule has 2 aromatic rings. The molecule has 0 aliphatic rings. The van der Waals surface area contributed by atoms with Crippen molar-refractivity contribution in [1.29, 1.82) is 0 Å². The maximum absolute atomic E-state index is 11.9. The molecule has 0 bridgehead atoms. The van der Waals surface area contributed by atoms with Gasteiger partial charge in [-0.15, -0.1) is 0 Å². The largest absolute Gasteiger partial charge is 0.464 e. The quantitative estimate of drug-likeness (QED) is 0.876. The van der Waals surface area contributed by atoms with Crippen molar-refractivity contribution >= 4 is 11.6 Å². The maximum atomic E-state index is 11.9. The van der Waals surface area contributed by atoms with Crippen molar-refractivity contribution in [3.63, 3.8) is 0 Å². The Balaban J connectivity index is 1.92. The van der Waals surface area contributed by atoms with Crippen LogP contribution in [-0.4, -0.2) is 27.6 Å². The second-order valence-electron chi connectivity index (χ2n) is 4.23. The lowest BCUT2D eigenvalue weighted by molar-refractivity contribution is -0.131. The Hall–Kier alpha value is -2.24. The summed E-state index contributed by atoms with van der Waals surface area (Å²) >= 11 is 0. The lowest BCUT2D eigenvalue weighted by Crippen LogP contribution is -2.29. The summed E-state index contributed by atoms with van der Waals surface area (Å²) in [7, 11) is 1.73. The molecule has 96 valence electrons. The van der Waals surface area contributed by atoms with E-state index in [9.17, 15) is 4.79 Å². The number of aromatic nitrogens is 2. The van der Waals surface area contributed by atoms with Crippen LogP contribution in [0.1, 0.15) is 11.5 Å². The number of carbonyl (C=O) groups is 1. The van der Waals surface area contributed by atoms with Crippen molar-refractivity contribution in [2.45, 2.75) is 20.0 Å². The summed E-state index contributed by atoms with van der Waals surface area (Å²) < 4.78 is 6.94. The Labute approximate surface area is 105 Å². The van der Waals surface area contributed by atoms with E-state index in [0.29, 0.717) is 12.2 Å². The number of rotatable bonds is 4. The van der Waals surface area contributed by atoms with E-state index >= 15 is 0 Å². The highest BCUT2D eigenvalue weighted by Gasteiger charge is 2.12. The number of hydrogen-bond donors (Lipinski definition) is 1. The monoisotopic (exact) mass is 248 g/mol. The highest BCUT2D eigenvalue weighted by molar-refractivity contribution is 5.75. The van der Waals surface area contributed by atoms with E-state index < -0.39 is 0 Å². The molecule has 0 atom stereocenters. The fourth-order valence-corrected chi connectivity index (χ4v) is 1.62. The van der Waals surface area contributed by atoms with E-state index in [1.54, 1.807) is 18.1 Å². The first-order chi connectivity index (χ1) is 8.54. The maximum Gasteiger partial charge on any atom is 0.244 e. The van der Waals surface area contributed by atoms with Crippen LogP contribution >= 0.6 is 0 Å². The minimum Gasteiger partial charge on any atom is -0.464 e. The predicted molar refractivity (Wildman–Crippen MR) is 66.6 cm³/mol. The highest BCUT2D eigenvalue weighted by atomic mass is 16.3. The van der Waals surface area contributed by atoms with Gasteiger partial charge in [0.25, 0.3) is 0 Å². The molecule has 2 aromatic heterocycles. The van der Waals surface area contributed by atoms with Crippen LogP contribution in [-0.2, 0) is 17.9 Å². The summed E-state index contributed by atoms with van der Waals surface area (Å²) in [5, 5.41) is 3.97. The van der Waals surface area contributed by atoms with E-state index in [4.69, 9.17) is 10.2 Å². The minimum absolute atomic E-state index is 0.0489. The van der Waals surface area contributed by atoms with Gasteiger partial charge in [0.2, 0.25) is 5.91 Å². The fourth-order valence-electron chi connectivity index (χ4n) is 1.62. The Morgan fingerprint density at radius 3 is 2.89 bits per heavy atom. The molecule has 0 spiro atoms. The van der Waals surface area contributed by atoms with Crippen molar-refractivity contribution in [1.82, 2.24) is 14.7 Å². The molecular weight excluding hydrogens is 232 g/mol. The van der Waals surface area contributed by atoms with Crippen molar-refractivity contribution in [2.24, 2.45) is 0 Å². The van der Waals surface area contributed by atoms with Crippen LogP contribution in [0.3, 0.4) is 0 Å². The summed E-state index contributed by atoms with van der Waals surface area (Å²) in [6.45, 7) is 2.49. The average molecular weight is 248 g/mol. The van der Waals surface area contributed by atoms with Crippen LogP contribution < -0.4 is 5.73 Å². The topological polar surface area (TPSA) is 77.3 Å². The van der Waals surface area contributed by atoms with Crippen molar-refractivity contribution in [2.75, 3.05) is 12.8 Å². The fraction of sp³-hybridized carbons (Fsp3) is 0.333. The lowest BCUT2D eigenvalue weighted by atomic mass is 10.4. The number of aryl methyl sites for hydroxylation is 1. The number of anilines is 1. The van der Waals surface area contributed by atoms with Gasteiger partial charge in [-0.2, -0.15) is 5.10 Å². The molecule has 0 saturated carbocycles. The number of nitrogens with two attached hydrogens (primary N) is 1. The van der Waals surface area contributed by atoms with Gasteiger partial charge in [0.05, 0.1) is 18.4 Å². The van der Waals surface area contributed by atoms with Crippen molar-refractivity contribution in [3.05, 3.63) is 36.0 Å². The van der Waals surface area contributed by atoms with Gasteiger partial charge in [0.1, 0.15) is 18.1 Å². The Morgan fingerprint density at radius 2 is 2.33 bits per heavy atom. The van der Waals surface area contributed by atoms with Gasteiger partial charge >= 0.3 is 0 Å². The molecule has 0 unspecified atom stereocenters. The van der Waals surface area contributed by atoms with Crippen LogP contribution in [0.4, 0.5) is 5.69 Å².